The van der Waals surface area contributed by atoms with E-state index in [1.54, 1.807) is 11.0 Å². The van der Waals surface area contributed by atoms with E-state index in [1.165, 1.54) is 0 Å². The smallest absolute Gasteiger partial charge is 0.311 e. The SMILES string of the molecule is O=C(COC(=O)[C@H]1CC(=O)N(c2cccc3ccccc23)C1)Nc1cccc2ccccc12. The lowest BCUT2D eigenvalue weighted by Gasteiger charge is -2.18. The van der Waals surface area contributed by atoms with Gasteiger partial charge in [0.15, 0.2) is 6.61 Å². The molecule has 1 heterocycles. The molecule has 1 saturated heterocycles. The minimum Gasteiger partial charge on any atom is -0.455 e. The molecule has 1 N–H and O–H groups in total. The maximum absolute atomic E-state index is 12.7. The lowest BCUT2D eigenvalue weighted by molar-refractivity contribution is -0.151. The quantitative estimate of drug-likeness (QED) is 0.465. The van der Waals surface area contributed by atoms with Crippen LogP contribution in [0.25, 0.3) is 21.5 Å². The average molecular weight is 438 g/mol. The molecule has 4 aromatic rings. The fourth-order valence-corrected chi connectivity index (χ4v) is 4.32. The lowest BCUT2D eigenvalue weighted by atomic mass is 10.1. The zero-order valence-electron chi connectivity index (χ0n) is 17.9. The Bertz CT molecular complexity index is 1370. The Morgan fingerprint density at radius 3 is 2.27 bits per heavy atom. The molecular weight excluding hydrogens is 416 g/mol. The van der Waals surface area contributed by atoms with Crippen molar-refractivity contribution in [2.24, 2.45) is 5.92 Å². The number of esters is 1. The molecule has 33 heavy (non-hydrogen) atoms. The number of rotatable bonds is 5. The molecule has 1 aliphatic rings. The number of hydrogen-bond donors (Lipinski definition) is 1. The average Bonchev–Trinajstić information content (AvgIpc) is 3.24. The molecule has 0 radical (unpaired) electrons. The fraction of sp³-hybridized carbons (Fsp3) is 0.148. The van der Waals surface area contributed by atoms with Gasteiger partial charge in [0, 0.05) is 29.4 Å². The van der Waals surface area contributed by atoms with Crippen molar-refractivity contribution in [3.63, 3.8) is 0 Å². The second-order valence-corrected chi connectivity index (χ2v) is 8.09. The summed E-state index contributed by atoms with van der Waals surface area (Å²) >= 11 is 0. The Balaban J connectivity index is 1.22. The minimum absolute atomic E-state index is 0.0625. The lowest BCUT2D eigenvalue weighted by Crippen LogP contribution is -2.28. The van der Waals surface area contributed by atoms with Crippen molar-refractivity contribution < 1.29 is 19.1 Å². The highest BCUT2D eigenvalue weighted by molar-refractivity contribution is 6.07. The molecule has 1 atom stereocenters. The molecule has 0 bridgehead atoms. The van der Waals surface area contributed by atoms with Crippen molar-refractivity contribution in [1.82, 2.24) is 0 Å². The molecule has 5 rings (SSSR count). The molecule has 0 aromatic heterocycles. The van der Waals surface area contributed by atoms with E-state index in [2.05, 4.69) is 5.32 Å². The van der Waals surface area contributed by atoms with Crippen LogP contribution in [0.15, 0.2) is 84.9 Å². The second-order valence-electron chi connectivity index (χ2n) is 8.09. The van der Waals surface area contributed by atoms with Gasteiger partial charge in [0.1, 0.15) is 0 Å². The van der Waals surface area contributed by atoms with Crippen LogP contribution >= 0.6 is 0 Å². The molecule has 0 aliphatic carbocycles. The van der Waals surface area contributed by atoms with Crippen LogP contribution in [0, 0.1) is 5.92 Å². The topological polar surface area (TPSA) is 75.7 Å². The van der Waals surface area contributed by atoms with E-state index < -0.39 is 24.4 Å². The van der Waals surface area contributed by atoms with E-state index in [0.29, 0.717) is 5.69 Å². The number of nitrogens with zero attached hydrogens (tertiary/aromatic N) is 1. The number of fused-ring (bicyclic) bond motifs is 2. The maximum Gasteiger partial charge on any atom is 0.311 e. The summed E-state index contributed by atoms with van der Waals surface area (Å²) < 4.78 is 5.26. The van der Waals surface area contributed by atoms with Crippen molar-refractivity contribution >= 4 is 50.7 Å². The van der Waals surface area contributed by atoms with Gasteiger partial charge in [-0.25, -0.2) is 0 Å². The maximum atomic E-state index is 12.7. The molecule has 164 valence electrons. The van der Waals surface area contributed by atoms with Crippen LogP contribution in [0.1, 0.15) is 6.42 Å². The highest BCUT2D eigenvalue weighted by Crippen LogP contribution is 2.32. The molecule has 2 amide bonds. The minimum atomic E-state index is -0.609. The monoisotopic (exact) mass is 438 g/mol. The molecule has 0 spiro atoms. The van der Waals surface area contributed by atoms with Crippen molar-refractivity contribution in [2.45, 2.75) is 6.42 Å². The van der Waals surface area contributed by atoms with E-state index in [-0.39, 0.29) is 18.9 Å². The third-order valence-corrected chi connectivity index (χ3v) is 5.93. The first-order valence-corrected chi connectivity index (χ1v) is 10.8. The van der Waals surface area contributed by atoms with Gasteiger partial charge in [0.25, 0.3) is 5.91 Å². The number of nitrogens with one attached hydrogen (secondary N) is 1. The molecule has 1 aliphatic heterocycles. The molecule has 4 aromatic carbocycles. The van der Waals surface area contributed by atoms with Gasteiger partial charge in [-0.05, 0) is 22.9 Å². The van der Waals surface area contributed by atoms with Crippen LogP contribution in [-0.4, -0.2) is 30.9 Å². The summed E-state index contributed by atoms with van der Waals surface area (Å²) in [5, 5.41) is 6.70. The number of hydrogen-bond acceptors (Lipinski definition) is 4. The molecule has 1 fully saturated rings. The van der Waals surface area contributed by atoms with Crippen LogP contribution < -0.4 is 10.2 Å². The number of amides is 2. The summed E-state index contributed by atoms with van der Waals surface area (Å²) in [5.41, 5.74) is 1.44. The Labute approximate surface area is 190 Å². The third-order valence-electron chi connectivity index (χ3n) is 5.93. The third kappa shape index (κ3) is 4.15. The summed E-state index contributed by atoms with van der Waals surface area (Å²) in [5.74, 6) is -1.70. The van der Waals surface area contributed by atoms with Gasteiger partial charge in [-0.1, -0.05) is 72.8 Å². The molecule has 0 unspecified atom stereocenters. The van der Waals surface area contributed by atoms with Gasteiger partial charge in [-0.15, -0.1) is 0 Å². The Morgan fingerprint density at radius 2 is 1.48 bits per heavy atom. The normalized spacial score (nSPS) is 15.7. The number of carbonyl (C=O) groups is 3. The van der Waals surface area contributed by atoms with Gasteiger partial charge in [0.05, 0.1) is 11.6 Å². The molecule has 6 heteroatoms. The van der Waals surface area contributed by atoms with Gasteiger partial charge in [0.2, 0.25) is 5.91 Å². The standard InChI is InChI=1S/C27H22N2O4/c30-25(28-23-13-5-9-18-7-1-3-11-21(18)23)17-33-27(32)20-15-26(31)29(16-20)24-14-6-10-19-8-2-4-12-22(19)24/h1-14,20H,15-17H2,(H,28,30)/t20-/m0/s1. The van der Waals surface area contributed by atoms with Crippen molar-refractivity contribution in [3.05, 3.63) is 84.9 Å². The van der Waals surface area contributed by atoms with E-state index in [4.69, 9.17) is 4.74 Å². The highest BCUT2D eigenvalue weighted by Gasteiger charge is 2.36. The van der Waals surface area contributed by atoms with Gasteiger partial charge in [-0.2, -0.15) is 0 Å². The zero-order valence-corrected chi connectivity index (χ0v) is 17.9. The van der Waals surface area contributed by atoms with Gasteiger partial charge in [-0.3, -0.25) is 14.4 Å². The van der Waals surface area contributed by atoms with Gasteiger partial charge >= 0.3 is 5.97 Å². The summed E-state index contributed by atoms with van der Waals surface area (Å²) in [7, 11) is 0. The fourth-order valence-electron chi connectivity index (χ4n) is 4.32. The number of benzene rings is 4. The van der Waals surface area contributed by atoms with Crippen LogP contribution in [-0.2, 0) is 19.1 Å². The number of carbonyl (C=O) groups excluding carboxylic acids is 3. The summed E-state index contributed by atoms with van der Waals surface area (Å²) in [6.45, 7) is -0.169. The van der Waals surface area contributed by atoms with Crippen LogP contribution in [0.5, 0.6) is 0 Å². The van der Waals surface area contributed by atoms with E-state index in [9.17, 15) is 14.4 Å². The van der Waals surface area contributed by atoms with Crippen LogP contribution in [0.4, 0.5) is 11.4 Å². The van der Waals surface area contributed by atoms with Crippen LogP contribution in [0.3, 0.4) is 0 Å². The Morgan fingerprint density at radius 1 is 0.848 bits per heavy atom. The molecule has 0 saturated carbocycles. The zero-order chi connectivity index (χ0) is 22.8. The van der Waals surface area contributed by atoms with Gasteiger partial charge < -0.3 is 15.0 Å². The predicted molar refractivity (Wildman–Crippen MR) is 128 cm³/mol. The Hall–Kier alpha value is -4.19. The van der Waals surface area contributed by atoms with E-state index in [0.717, 1.165) is 27.2 Å². The Kier molecular flexibility index (Phi) is 5.48. The number of ether oxygens (including phenoxy) is 1. The first kappa shape index (κ1) is 20.7. The second kappa shape index (κ2) is 8.74. The number of anilines is 2. The van der Waals surface area contributed by atoms with E-state index >= 15 is 0 Å². The summed E-state index contributed by atoms with van der Waals surface area (Å²) in [4.78, 5) is 39.3. The summed E-state index contributed by atoms with van der Waals surface area (Å²) in [6.07, 6.45) is 0.0625. The first-order chi connectivity index (χ1) is 16.1. The largest absolute Gasteiger partial charge is 0.455 e. The highest BCUT2D eigenvalue weighted by atomic mass is 16.5. The predicted octanol–water partition coefficient (Wildman–Crippen LogP) is 4.53. The molecular formula is C27H22N2O4. The van der Waals surface area contributed by atoms with Crippen molar-refractivity contribution in [1.29, 1.82) is 0 Å². The first-order valence-electron chi connectivity index (χ1n) is 10.8. The van der Waals surface area contributed by atoms with Crippen LogP contribution in [0.2, 0.25) is 0 Å². The summed E-state index contributed by atoms with van der Waals surface area (Å²) in [6, 6.07) is 26.9. The van der Waals surface area contributed by atoms with Crippen molar-refractivity contribution in [3.8, 4) is 0 Å². The molecule has 6 nitrogen and oxygen atoms in total. The van der Waals surface area contributed by atoms with Crippen molar-refractivity contribution in [2.75, 3.05) is 23.4 Å². The van der Waals surface area contributed by atoms with E-state index in [1.807, 2.05) is 78.9 Å².